The van der Waals surface area contributed by atoms with Crippen LogP contribution in [0.2, 0.25) is 5.02 Å². The molecule has 21 heavy (non-hydrogen) atoms. The Morgan fingerprint density at radius 2 is 1.57 bits per heavy atom. The first kappa shape index (κ1) is 22.1. The highest BCUT2D eigenvalue weighted by Crippen LogP contribution is 2.10. The summed E-state index contributed by atoms with van der Waals surface area (Å²) in [6.45, 7) is 14.2. The van der Waals surface area contributed by atoms with Crippen molar-refractivity contribution in [3.63, 3.8) is 0 Å². The number of benzene rings is 1. The molecule has 0 aliphatic rings. The highest BCUT2D eigenvalue weighted by Gasteiger charge is 2.15. The summed E-state index contributed by atoms with van der Waals surface area (Å²) < 4.78 is 5.11. The molecule has 122 valence electrons. The molecule has 0 spiro atoms. The topological polar surface area (TPSA) is 38.3 Å². The van der Waals surface area contributed by atoms with Crippen LogP contribution in [0.3, 0.4) is 0 Å². The molecule has 0 atom stereocenters. The van der Waals surface area contributed by atoms with E-state index in [1.165, 1.54) is 6.42 Å². The number of ether oxygens (including phenoxy) is 1. The number of hydrogen-bond donors (Lipinski definition) is 1. The Hall–Kier alpha value is -1.22. The van der Waals surface area contributed by atoms with Gasteiger partial charge in [-0.05, 0) is 38.5 Å². The fourth-order valence-electron chi connectivity index (χ4n) is 1.09. The number of nitrogens with one attached hydrogen (secondary N) is 1. The number of hydrogen-bond acceptors (Lipinski definition) is 2. The van der Waals surface area contributed by atoms with Crippen LogP contribution in [0.4, 0.5) is 4.79 Å². The van der Waals surface area contributed by atoms with Gasteiger partial charge in [0, 0.05) is 11.6 Å². The van der Waals surface area contributed by atoms with Crippen molar-refractivity contribution in [2.75, 3.05) is 0 Å². The van der Waals surface area contributed by atoms with Gasteiger partial charge in [-0.1, -0.05) is 57.8 Å². The Morgan fingerprint density at radius 3 is 1.95 bits per heavy atom. The van der Waals surface area contributed by atoms with Gasteiger partial charge in [0.2, 0.25) is 0 Å². The maximum atomic E-state index is 11.3. The van der Waals surface area contributed by atoms with E-state index in [1.807, 2.05) is 46.8 Å². The van der Waals surface area contributed by atoms with Gasteiger partial charge in [0.25, 0.3) is 0 Å². The largest absolute Gasteiger partial charge is 0.444 e. The Bertz CT molecular complexity index is 369. The lowest BCUT2D eigenvalue weighted by atomic mass is 10.2. The van der Waals surface area contributed by atoms with Crippen molar-refractivity contribution in [3.8, 4) is 0 Å². The van der Waals surface area contributed by atoms with Gasteiger partial charge in [-0.3, -0.25) is 0 Å². The predicted molar refractivity (Wildman–Crippen MR) is 91.8 cm³/mol. The highest BCUT2D eigenvalue weighted by atomic mass is 35.5. The number of alkyl carbamates (subject to hydrolysis) is 1. The molecule has 3 nitrogen and oxygen atoms in total. The van der Waals surface area contributed by atoms with Crippen LogP contribution in [0.5, 0.6) is 0 Å². The minimum absolute atomic E-state index is 0.414. The summed E-state index contributed by atoms with van der Waals surface area (Å²) in [5.74, 6) is 0. The van der Waals surface area contributed by atoms with Crippen molar-refractivity contribution in [1.29, 1.82) is 0 Å². The van der Waals surface area contributed by atoms with Crippen LogP contribution in [-0.2, 0) is 11.3 Å². The van der Waals surface area contributed by atoms with Gasteiger partial charge in [0.1, 0.15) is 5.60 Å². The lowest BCUT2D eigenvalue weighted by Crippen LogP contribution is -2.32. The highest BCUT2D eigenvalue weighted by molar-refractivity contribution is 6.30. The first-order chi connectivity index (χ1) is 9.78. The third-order valence-electron chi connectivity index (χ3n) is 1.75. The van der Waals surface area contributed by atoms with Gasteiger partial charge in [-0.15, -0.1) is 0 Å². The van der Waals surface area contributed by atoms with Crippen molar-refractivity contribution < 1.29 is 9.53 Å². The fraction of sp³-hybridized carbons (Fsp3) is 0.588. The molecule has 0 bridgehead atoms. The van der Waals surface area contributed by atoms with Crippen LogP contribution in [0.25, 0.3) is 0 Å². The van der Waals surface area contributed by atoms with E-state index in [-0.39, 0.29) is 0 Å². The molecule has 1 aromatic rings. The summed E-state index contributed by atoms with van der Waals surface area (Å²) in [6.07, 6.45) is 0.836. The minimum Gasteiger partial charge on any atom is -0.444 e. The Balaban J connectivity index is 0. The molecule has 0 saturated heterocycles. The van der Waals surface area contributed by atoms with Gasteiger partial charge >= 0.3 is 6.09 Å². The number of carbonyl (C=O) groups is 1. The van der Waals surface area contributed by atoms with Crippen LogP contribution in [-0.4, -0.2) is 11.7 Å². The summed E-state index contributed by atoms with van der Waals surface area (Å²) in [5.41, 5.74) is 0.514. The quantitative estimate of drug-likeness (QED) is 0.748. The molecule has 0 saturated carbocycles. The molecule has 0 heterocycles. The molecule has 0 radical (unpaired) electrons. The molecule has 1 aromatic carbocycles. The molecular formula is C17H30ClNO2. The van der Waals surface area contributed by atoms with E-state index in [9.17, 15) is 4.79 Å². The summed E-state index contributed by atoms with van der Waals surface area (Å²) >= 11 is 5.75. The van der Waals surface area contributed by atoms with E-state index in [0.717, 1.165) is 5.56 Å². The smallest absolute Gasteiger partial charge is 0.407 e. The second-order valence-electron chi connectivity index (χ2n) is 5.19. The summed E-state index contributed by atoms with van der Waals surface area (Å²) in [5, 5.41) is 3.35. The lowest BCUT2D eigenvalue weighted by Gasteiger charge is -2.19. The Morgan fingerprint density at radius 1 is 1.14 bits per heavy atom. The van der Waals surface area contributed by atoms with Crippen LogP contribution in [0.15, 0.2) is 24.3 Å². The third-order valence-corrected chi connectivity index (χ3v) is 2.00. The molecular weight excluding hydrogens is 286 g/mol. The van der Waals surface area contributed by atoms with E-state index in [4.69, 9.17) is 16.3 Å². The average molecular weight is 316 g/mol. The zero-order chi connectivity index (χ0) is 16.9. The van der Waals surface area contributed by atoms with Crippen LogP contribution < -0.4 is 5.32 Å². The second kappa shape index (κ2) is 12.5. The molecule has 1 N–H and O–H groups in total. The standard InChI is InChI=1S/C12H16ClNO2.C3H8.C2H6/c1-12(2,3)16-11(15)14-8-9-4-6-10(13)7-5-9;1-3-2;1-2/h4-7H,8H2,1-3H3,(H,14,15);3H2,1-2H3;1-2H3. The zero-order valence-electron chi connectivity index (χ0n) is 14.4. The van der Waals surface area contributed by atoms with Gasteiger partial charge in [0.05, 0.1) is 0 Å². The lowest BCUT2D eigenvalue weighted by molar-refractivity contribution is 0.0523. The molecule has 0 unspecified atom stereocenters. The molecule has 0 aliphatic carbocycles. The number of carbonyl (C=O) groups excluding carboxylic acids is 1. The molecule has 0 fully saturated rings. The molecule has 0 aromatic heterocycles. The van der Waals surface area contributed by atoms with E-state index in [0.29, 0.717) is 11.6 Å². The van der Waals surface area contributed by atoms with Gasteiger partial charge in [0.15, 0.2) is 0 Å². The SMILES string of the molecule is CC.CC(C)(C)OC(=O)NCc1ccc(Cl)cc1.CCC. The summed E-state index contributed by atoms with van der Waals surface area (Å²) in [7, 11) is 0. The summed E-state index contributed by atoms with van der Waals surface area (Å²) in [6, 6.07) is 7.29. The van der Waals surface area contributed by atoms with E-state index in [2.05, 4.69) is 19.2 Å². The Kier molecular flexibility index (Phi) is 13.2. The average Bonchev–Trinajstić information content (AvgIpc) is 2.39. The summed E-state index contributed by atoms with van der Waals surface area (Å²) in [4.78, 5) is 11.3. The predicted octanol–water partition coefficient (Wildman–Crippen LogP) is 5.81. The zero-order valence-corrected chi connectivity index (χ0v) is 15.2. The second-order valence-corrected chi connectivity index (χ2v) is 5.63. The number of halogens is 1. The fourth-order valence-corrected chi connectivity index (χ4v) is 1.22. The van der Waals surface area contributed by atoms with Crippen molar-refractivity contribution >= 4 is 17.7 Å². The maximum Gasteiger partial charge on any atom is 0.407 e. The van der Waals surface area contributed by atoms with E-state index >= 15 is 0 Å². The first-order valence-electron chi connectivity index (χ1n) is 7.49. The van der Waals surface area contributed by atoms with Gasteiger partial charge < -0.3 is 10.1 Å². The molecule has 4 heteroatoms. The van der Waals surface area contributed by atoms with Crippen LogP contribution in [0.1, 0.15) is 60.5 Å². The van der Waals surface area contributed by atoms with Crippen LogP contribution in [0, 0.1) is 0 Å². The van der Waals surface area contributed by atoms with Gasteiger partial charge in [-0.25, -0.2) is 4.79 Å². The Labute approximate surface area is 135 Å². The normalized spacial score (nSPS) is 9.52. The van der Waals surface area contributed by atoms with Crippen molar-refractivity contribution in [3.05, 3.63) is 34.9 Å². The van der Waals surface area contributed by atoms with Crippen LogP contribution >= 0.6 is 11.6 Å². The number of rotatable bonds is 2. The van der Waals surface area contributed by atoms with Crippen molar-refractivity contribution in [2.24, 2.45) is 0 Å². The minimum atomic E-state index is -0.468. The molecule has 1 amide bonds. The monoisotopic (exact) mass is 315 g/mol. The third kappa shape index (κ3) is 15.0. The van der Waals surface area contributed by atoms with E-state index < -0.39 is 11.7 Å². The van der Waals surface area contributed by atoms with Crippen molar-refractivity contribution in [2.45, 2.75) is 67.0 Å². The van der Waals surface area contributed by atoms with Gasteiger partial charge in [-0.2, -0.15) is 0 Å². The molecule has 0 aliphatic heterocycles. The molecule has 1 rings (SSSR count). The van der Waals surface area contributed by atoms with Crippen molar-refractivity contribution in [1.82, 2.24) is 5.32 Å². The maximum absolute atomic E-state index is 11.3. The van der Waals surface area contributed by atoms with E-state index in [1.54, 1.807) is 12.1 Å². The number of amides is 1. The first-order valence-corrected chi connectivity index (χ1v) is 7.87.